The lowest BCUT2D eigenvalue weighted by atomic mass is 10.1. The van der Waals surface area contributed by atoms with E-state index in [4.69, 9.17) is 32.3 Å². The summed E-state index contributed by atoms with van der Waals surface area (Å²) in [6.07, 6.45) is 88.4. The smallest absolute Gasteiger partial charge is 0.463 e. The average Bonchev–Trinajstić information content (AvgIpc) is 1.63. The van der Waals surface area contributed by atoms with Crippen LogP contribution in [0.4, 0.5) is 0 Å². The molecule has 0 rings (SSSR count). The van der Waals surface area contributed by atoms with E-state index in [0.29, 0.717) is 19.3 Å². The number of phosphoric acid groups is 2. The number of aliphatic hydroxyl groups excluding tert-OH is 2. The summed E-state index contributed by atoms with van der Waals surface area (Å²) in [6.45, 7) is 2.27. The third-order valence-electron chi connectivity index (χ3n) is 14.4. The molecule has 0 aromatic carbocycles. The van der Waals surface area contributed by atoms with Gasteiger partial charge in [-0.1, -0.05) is 255 Å². The molecular formula is C79H128O16P2. The number of allylic oxidation sites excluding steroid dienone is 28. The van der Waals surface area contributed by atoms with Crippen molar-refractivity contribution in [1.82, 2.24) is 0 Å². The van der Waals surface area contributed by atoms with Crippen molar-refractivity contribution in [2.24, 2.45) is 0 Å². The molecule has 0 amide bonds. The summed E-state index contributed by atoms with van der Waals surface area (Å²) in [7, 11) is -9.81. The molecule has 0 saturated heterocycles. The number of carbonyl (C=O) groups excluding carboxylic acids is 3. The zero-order valence-corrected chi connectivity index (χ0v) is 61.5. The number of esters is 3. The van der Waals surface area contributed by atoms with Gasteiger partial charge >= 0.3 is 33.6 Å². The number of ether oxygens (including phenoxy) is 3. The maximum Gasteiger partial charge on any atom is 0.472 e. The second-order valence-electron chi connectivity index (χ2n) is 23.6. The van der Waals surface area contributed by atoms with Gasteiger partial charge in [0.25, 0.3) is 0 Å². The number of phosphoric ester groups is 2. The molecule has 16 nitrogen and oxygen atoms in total. The van der Waals surface area contributed by atoms with Crippen LogP contribution in [0.15, 0.2) is 170 Å². The molecule has 0 aromatic rings. The van der Waals surface area contributed by atoms with Crippen LogP contribution in [0, 0.1) is 0 Å². The summed E-state index contributed by atoms with van der Waals surface area (Å²) in [4.78, 5) is 58.5. The first-order valence-electron chi connectivity index (χ1n) is 36.4. The molecule has 550 valence electrons. The second kappa shape index (κ2) is 70.8. The summed E-state index contributed by atoms with van der Waals surface area (Å²) in [5, 5.41) is 20.6. The highest BCUT2D eigenvalue weighted by Gasteiger charge is 2.29. The van der Waals surface area contributed by atoms with E-state index in [1.165, 1.54) is 19.3 Å². The molecule has 0 bridgehead atoms. The van der Waals surface area contributed by atoms with Crippen LogP contribution in [0.5, 0.6) is 0 Å². The molecular weight excluding hydrogens is 1270 g/mol. The van der Waals surface area contributed by atoms with Gasteiger partial charge in [0.15, 0.2) is 6.10 Å². The molecule has 5 atom stereocenters. The number of aliphatic hydroxyl groups is 2. The Labute approximate surface area is 586 Å². The summed E-state index contributed by atoms with van der Waals surface area (Å²) in [5.74, 6) is -1.66. The van der Waals surface area contributed by atoms with Crippen LogP contribution in [0.1, 0.15) is 252 Å². The van der Waals surface area contributed by atoms with Gasteiger partial charge < -0.3 is 34.2 Å². The first-order chi connectivity index (χ1) is 47.2. The molecule has 0 aromatic heterocycles. The van der Waals surface area contributed by atoms with E-state index in [-0.39, 0.29) is 19.3 Å². The zero-order valence-electron chi connectivity index (χ0n) is 59.7. The van der Waals surface area contributed by atoms with Crippen molar-refractivity contribution in [1.29, 1.82) is 0 Å². The number of unbranched alkanes of at least 4 members (excludes halogenated alkanes) is 16. The SMILES string of the molecule is CC/C=C\C/C=C\C/C=C\C/C=C\C/C=C\C/C=C\CCCCCCCCCCC(=O)OCC(O)COP(=O)(O)OCC(O)COP(=O)(O)OCC(COC(=O)CCCC/C=C\C/C=C\C/C=C\C/C=C\C/C=C\C/C=C\CC)OC(=O)CCCCCCC/C=C\C/C=C\CCC. The van der Waals surface area contributed by atoms with Crippen molar-refractivity contribution in [2.45, 2.75) is 270 Å². The summed E-state index contributed by atoms with van der Waals surface area (Å²) in [6, 6.07) is 0. The van der Waals surface area contributed by atoms with Crippen molar-refractivity contribution >= 4 is 33.6 Å². The Morgan fingerprint density at radius 2 is 0.546 bits per heavy atom. The fourth-order valence-corrected chi connectivity index (χ4v) is 10.5. The zero-order chi connectivity index (χ0) is 70.9. The van der Waals surface area contributed by atoms with E-state index in [9.17, 15) is 43.5 Å². The molecule has 0 saturated carbocycles. The molecule has 0 aliphatic heterocycles. The van der Waals surface area contributed by atoms with Crippen LogP contribution in [-0.4, -0.2) is 95.9 Å². The Balaban J connectivity index is 4.62. The lowest BCUT2D eigenvalue weighted by Crippen LogP contribution is -2.30. The lowest BCUT2D eigenvalue weighted by Gasteiger charge is -2.21. The van der Waals surface area contributed by atoms with Crippen molar-refractivity contribution in [2.75, 3.05) is 39.6 Å². The number of hydrogen-bond acceptors (Lipinski definition) is 14. The van der Waals surface area contributed by atoms with E-state index < -0.39 is 91.5 Å². The number of hydrogen-bond donors (Lipinski definition) is 4. The highest BCUT2D eigenvalue weighted by atomic mass is 31.2. The van der Waals surface area contributed by atoms with Crippen LogP contribution >= 0.6 is 15.6 Å². The monoisotopic (exact) mass is 1390 g/mol. The van der Waals surface area contributed by atoms with Crippen LogP contribution in [0.2, 0.25) is 0 Å². The Hall–Kier alpha value is -5.09. The molecule has 5 unspecified atom stereocenters. The van der Waals surface area contributed by atoms with E-state index >= 15 is 0 Å². The van der Waals surface area contributed by atoms with Gasteiger partial charge in [-0.05, 0) is 148 Å². The molecule has 18 heteroatoms. The largest absolute Gasteiger partial charge is 0.472 e. The number of rotatable bonds is 67. The maximum absolute atomic E-state index is 12.9. The molecule has 0 aliphatic rings. The molecule has 0 aliphatic carbocycles. The minimum atomic E-state index is -4.95. The topological polar surface area (TPSA) is 231 Å². The molecule has 0 radical (unpaired) electrons. The van der Waals surface area contributed by atoms with Gasteiger partial charge in [-0.2, -0.15) is 0 Å². The van der Waals surface area contributed by atoms with Gasteiger partial charge in [-0.3, -0.25) is 32.5 Å². The van der Waals surface area contributed by atoms with Gasteiger partial charge in [0.1, 0.15) is 25.4 Å². The average molecular weight is 1400 g/mol. The third-order valence-corrected chi connectivity index (χ3v) is 16.3. The minimum Gasteiger partial charge on any atom is -0.463 e. The summed E-state index contributed by atoms with van der Waals surface area (Å²) < 4.78 is 60.9. The van der Waals surface area contributed by atoms with Crippen molar-refractivity contribution in [3.63, 3.8) is 0 Å². The van der Waals surface area contributed by atoms with Crippen molar-refractivity contribution in [3.05, 3.63) is 170 Å². The quantitative estimate of drug-likeness (QED) is 0.0146. The Morgan fingerprint density at radius 3 is 0.887 bits per heavy atom. The van der Waals surface area contributed by atoms with Gasteiger partial charge in [-0.15, -0.1) is 0 Å². The predicted octanol–water partition coefficient (Wildman–Crippen LogP) is 20.9. The van der Waals surface area contributed by atoms with Crippen LogP contribution in [0.3, 0.4) is 0 Å². The van der Waals surface area contributed by atoms with Crippen molar-refractivity contribution in [3.8, 4) is 0 Å². The van der Waals surface area contributed by atoms with Gasteiger partial charge in [0, 0.05) is 19.3 Å². The Kier molecular flexibility index (Phi) is 67.0. The third kappa shape index (κ3) is 72.0. The Bertz CT molecular complexity index is 2440. The summed E-state index contributed by atoms with van der Waals surface area (Å²) >= 11 is 0. The normalized spacial score (nSPS) is 15.1. The first-order valence-corrected chi connectivity index (χ1v) is 39.4. The molecule has 4 N–H and O–H groups in total. The highest BCUT2D eigenvalue weighted by molar-refractivity contribution is 7.47. The predicted molar refractivity (Wildman–Crippen MR) is 398 cm³/mol. The first kappa shape index (κ1) is 91.9. The van der Waals surface area contributed by atoms with Gasteiger partial charge in [-0.25, -0.2) is 9.13 Å². The van der Waals surface area contributed by atoms with Crippen LogP contribution < -0.4 is 0 Å². The molecule has 0 heterocycles. The number of carbonyl (C=O) groups is 3. The van der Waals surface area contributed by atoms with Crippen LogP contribution in [-0.2, 0) is 55.8 Å². The minimum absolute atomic E-state index is 0.0721. The molecule has 97 heavy (non-hydrogen) atoms. The maximum atomic E-state index is 12.9. The molecule has 0 fully saturated rings. The van der Waals surface area contributed by atoms with E-state index in [2.05, 4.69) is 191 Å². The summed E-state index contributed by atoms with van der Waals surface area (Å²) in [5.41, 5.74) is 0. The van der Waals surface area contributed by atoms with E-state index in [1.807, 2.05) is 0 Å². The lowest BCUT2D eigenvalue weighted by molar-refractivity contribution is -0.161. The fraction of sp³-hybridized carbons (Fsp3) is 0.608. The Morgan fingerprint density at radius 1 is 0.299 bits per heavy atom. The highest BCUT2D eigenvalue weighted by Crippen LogP contribution is 2.45. The fourth-order valence-electron chi connectivity index (χ4n) is 8.91. The standard InChI is InChI=1S/C79H128O16P2/c1-4-7-10-13-16-19-22-25-27-29-31-33-34-35-36-37-38-40-42-43-45-48-50-53-56-59-62-65-77(82)89-68-74(80)69-91-96(85,86)92-70-75(81)71-93-97(87,88)94-73-76(95-79(84)67-64-61-58-55-52-47-24-21-18-15-12-9-6-3)72-90-78(83)66-63-60-57-54-51-49-46-44-41-39-32-30-28-26-23-20-17-14-11-8-5-2/h7-8,10-12,15-17,19-21,24-28,31-33,35-36,38-40,44,46,51,54,74-76,80-81H,4-6,9,13-14,18,22-23,29-30,34,37,41-43,45,47-50,52-53,55-73H2,1-3H3,(H,85,86)(H,87,88)/b10-7-,11-8-,15-12-,19-16-,20-17-,24-21-,27-25-,28-26-,33-31-,36-35-,39-32-,40-38-,46-44-,54-51-. The van der Waals surface area contributed by atoms with Crippen molar-refractivity contribution < 1.29 is 75.8 Å². The van der Waals surface area contributed by atoms with Gasteiger partial charge in [0.2, 0.25) is 0 Å². The van der Waals surface area contributed by atoms with Gasteiger partial charge in [0.05, 0.1) is 26.4 Å². The van der Waals surface area contributed by atoms with Crippen LogP contribution in [0.25, 0.3) is 0 Å². The van der Waals surface area contributed by atoms with E-state index in [1.54, 1.807) is 0 Å². The second-order valence-corrected chi connectivity index (χ2v) is 26.5. The molecule has 0 spiro atoms. The van der Waals surface area contributed by atoms with E-state index in [0.717, 1.165) is 173 Å².